The molecule has 300 valence electrons. The smallest absolute Gasteiger partial charge is 0.408 e. The second-order valence-corrected chi connectivity index (χ2v) is 15.3. The Hall–Kier alpha value is -4.73. The van der Waals surface area contributed by atoms with Crippen LogP contribution in [0.1, 0.15) is 57.6 Å². The average molecular weight is 795 g/mol. The Morgan fingerprint density at radius 1 is 1.11 bits per heavy atom. The van der Waals surface area contributed by atoms with Crippen molar-refractivity contribution in [2.75, 3.05) is 67.0 Å². The van der Waals surface area contributed by atoms with Gasteiger partial charge in [-0.2, -0.15) is 5.26 Å². The second-order valence-electron chi connectivity index (χ2n) is 14.1. The number of nitriles is 1. The maximum absolute atomic E-state index is 13.8. The summed E-state index contributed by atoms with van der Waals surface area (Å²) >= 11 is 1.37. The van der Waals surface area contributed by atoms with Gasteiger partial charge in [0.15, 0.2) is 29.8 Å². The molecule has 0 radical (unpaired) electrons. The number of hydrogen-bond acceptors (Lipinski definition) is 16. The fourth-order valence-corrected chi connectivity index (χ4v) is 10.3. The molecule has 6 aliphatic heterocycles. The average Bonchev–Trinajstić information content (AvgIpc) is 3.66. The Bertz CT molecular complexity index is 1950. The van der Waals surface area contributed by atoms with Gasteiger partial charge >= 0.3 is 18.0 Å². The molecule has 0 spiro atoms. The third kappa shape index (κ3) is 6.76. The third-order valence-electron chi connectivity index (χ3n) is 11.0. The maximum atomic E-state index is 13.8. The summed E-state index contributed by atoms with van der Waals surface area (Å²) in [5.41, 5.74) is 4.57. The molecule has 2 saturated heterocycles. The van der Waals surface area contributed by atoms with Crippen molar-refractivity contribution < 1.29 is 57.0 Å². The van der Waals surface area contributed by atoms with Gasteiger partial charge in [0.2, 0.25) is 6.79 Å². The number of benzene rings is 2. The van der Waals surface area contributed by atoms with E-state index in [2.05, 4.69) is 33.8 Å². The predicted molar refractivity (Wildman–Crippen MR) is 200 cm³/mol. The van der Waals surface area contributed by atoms with Crippen molar-refractivity contribution in [3.8, 4) is 34.8 Å². The van der Waals surface area contributed by atoms with E-state index in [-0.39, 0.29) is 38.6 Å². The molecule has 0 aromatic heterocycles. The van der Waals surface area contributed by atoms with Crippen molar-refractivity contribution in [2.45, 2.75) is 68.7 Å². The van der Waals surface area contributed by atoms with Crippen molar-refractivity contribution in [1.82, 2.24) is 15.1 Å². The van der Waals surface area contributed by atoms with Crippen LogP contribution in [0.5, 0.6) is 28.7 Å². The first-order valence-corrected chi connectivity index (χ1v) is 19.4. The lowest BCUT2D eigenvalue weighted by atomic mass is 9.71. The zero-order valence-electron chi connectivity index (χ0n) is 32.2. The monoisotopic (exact) mass is 794 g/mol. The largest absolute Gasteiger partial charge is 0.493 e. The number of ether oxygens (including phenoxy) is 9. The molecule has 1 amide bonds. The molecule has 2 fully saturated rings. The van der Waals surface area contributed by atoms with Crippen LogP contribution in [0.15, 0.2) is 18.7 Å². The van der Waals surface area contributed by atoms with E-state index in [1.165, 1.54) is 24.8 Å². The molecule has 0 saturated carbocycles. The zero-order chi connectivity index (χ0) is 39.8. The van der Waals surface area contributed by atoms with E-state index in [0.717, 1.165) is 16.7 Å². The molecule has 16 nitrogen and oxygen atoms in total. The minimum atomic E-state index is -1.11. The molecule has 0 aliphatic carbocycles. The Kier molecular flexibility index (Phi) is 11.6. The number of fused-ring (bicyclic) bond motifs is 10. The highest BCUT2D eigenvalue weighted by molar-refractivity contribution is 7.99. The first-order chi connectivity index (χ1) is 27.1. The summed E-state index contributed by atoms with van der Waals surface area (Å²) in [6.07, 6.45) is 1.13. The third-order valence-corrected chi connectivity index (χ3v) is 12.4. The number of esters is 2. The Morgan fingerprint density at radius 3 is 2.61 bits per heavy atom. The van der Waals surface area contributed by atoms with Gasteiger partial charge in [-0.1, -0.05) is 18.7 Å². The van der Waals surface area contributed by atoms with Crippen molar-refractivity contribution in [3.63, 3.8) is 0 Å². The number of likely N-dealkylation sites (N-methyl/N-ethyl adjacent to an activating group) is 1. The quantitative estimate of drug-likeness (QED) is 0.114. The zero-order valence-corrected chi connectivity index (χ0v) is 33.0. The lowest BCUT2D eigenvalue weighted by Crippen LogP contribution is -2.69. The van der Waals surface area contributed by atoms with Crippen LogP contribution in [0, 0.1) is 25.2 Å². The fraction of sp³-hybridized carbons (Fsp3) is 0.538. The minimum absolute atomic E-state index is 0.0337. The highest BCUT2D eigenvalue weighted by atomic mass is 32.2. The van der Waals surface area contributed by atoms with E-state index in [4.69, 9.17) is 42.6 Å². The molecule has 17 heteroatoms. The van der Waals surface area contributed by atoms with Crippen LogP contribution in [0.4, 0.5) is 4.79 Å². The summed E-state index contributed by atoms with van der Waals surface area (Å²) in [6, 6.07) is 0.866. The molecule has 6 heterocycles. The van der Waals surface area contributed by atoms with Crippen LogP contribution in [0.2, 0.25) is 0 Å². The molecule has 1 unspecified atom stereocenters. The van der Waals surface area contributed by atoms with E-state index < -0.39 is 53.5 Å². The summed E-state index contributed by atoms with van der Waals surface area (Å²) < 4.78 is 52.9. The number of nitrogens with one attached hydrogen (secondary N) is 1. The number of piperazine rings is 1. The van der Waals surface area contributed by atoms with Gasteiger partial charge < -0.3 is 47.9 Å². The highest BCUT2D eigenvalue weighted by Gasteiger charge is 2.61. The Balaban J connectivity index is 1.46. The van der Waals surface area contributed by atoms with Gasteiger partial charge in [-0.15, -0.1) is 11.8 Å². The minimum Gasteiger partial charge on any atom is -0.493 e. The molecular formula is C39H46N4O12S. The molecule has 56 heavy (non-hydrogen) atoms. The van der Waals surface area contributed by atoms with Crippen LogP contribution >= 0.6 is 11.8 Å². The highest BCUT2D eigenvalue weighted by Crippen LogP contribution is 2.64. The van der Waals surface area contributed by atoms with E-state index >= 15 is 0 Å². The van der Waals surface area contributed by atoms with Crippen LogP contribution < -0.4 is 29.0 Å². The number of aryl methyl sites for hydroxylation is 1. The second kappa shape index (κ2) is 16.4. The van der Waals surface area contributed by atoms with E-state index in [9.17, 15) is 19.6 Å². The summed E-state index contributed by atoms with van der Waals surface area (Å²) in [4.78, 5) is 43.8. The van der Waals surface area contributed by atoms with E-state index in [0.29, 0.717) is 65.1 Å². The standard InChI is InChI=1S/C39H46N4O12S/c1-8-9-50-39(46)41-23-16-56-37-29-28(36-34(53-18-54-36)20(3)33(29)55-21(4)44)26(15-51-38(23)45)43-25(14-40)24-13-22-12-19(2)32(48-7)35(52-17-49-11-10-47-6)27(22)30(31(37)43)42(24)5/h8,12,23-26,30-31,37H,1,9-11,13,15-18H2,2-7H3,(H,41,46)/t23-,24-,25-,26-,30+,31?,37+/m0/s1. The number of nitrogens with zero attached hydrogens (tertiary/aromatic N) is 3. The number of methoxy groups -OCH3 is 2. The SMILES string of the molecule is C=CCOC(=O)N[C@H]1CS[C@@H]2c3c(OC(C)=O)c(C)c4c(c3[C@H](COC1=O)N1C2[C@H]2c3c(cc(C)c(OC)c3OCOCCOC)C[C@@H]([C@@H]1C#N)N2C)OCO4. The normalized spacial score (nSPS) is 26.1. The molecule has 2 aromatic carbocycles. The topological polar surface area (TPSA) is 177 Å². The molecule has 7 atom stereocenters. The maximum Gasteiger partial charge on any atom is 0.408 e. The molecule has 8 rings (SSSR count). The van der Waals surface area contributed by atoms with Gasteiger partial charge in [-0.05, 0) is 38.4 Å². The first-order valence-electron chi connectivity index (χ1n) is 18.3. The van der Waals surface area contributed by atoms with Gasteiger partial charge in [-0.3, -0.25) is 14.6 Å². The van der Waals surface area contributed by atoms with Crippen molar-refractivity contribution >= 4 is 29.8 Å². The van der Waals surface area contributed by atoms with Crippen LogP contribution in [-0.2, 0) is 35.0 Å². The molecule has 4 bridgehead atoms. The Morgan fingerprint density at radius 2 is 1.89 bits per heavy atom. The number of carbonyl (C=O) groups is 3. The number of rotatable bonds is 11. The number of amides is 1. The molecular weight excluding hydrogens is 749 g/mol. The van der Waals surface area contributed by atoms with Gasteiger partial charge in [0.25, 0.3) is 0 Å². The molecule has 2 aromatic rings. The molecule has 6 aliphatic rings. The van der Waals surface area contributed by atoms with Crippen LogP contribution in [-0.4, -0.2) is 119 Å². The van der Waals surface area contributed by atoms with E-state index in [1.807, 2.05) is 14.0 Å². The van der Waals surface area contributed by atoms with Crippen molar-refractivity contribution in [3.05, 3.63) is 52.1 Å². The van der Waals surface area contributed by atoms with Gasteiger partial charge in [-0.25, -0.2) is 9.59 Å². The summed E-state index contributed by atoms with van der Waals surface area (Å²) in [7, 11) is 5.19. The lowest BCUT2D eigenvalue weighted by molar-refractivity contribution is -0.151. The van der Waals surface area contributed by atoms with Crippen LogP contribution in [0.25, 0.3) is 0 Å². The van der Waals surface area contributed by atoms with Crippen molar-refractivity contribution in [1.29, 1.82) is 5.26 Å². The Labute approximate surface area is 329 Å². The summed E-state index contributed by atoms with van der Waals surface area (Å²) in [6.45, 7) is 8.97. The van der Waals surface area contributed by atoms with Gasteiger partial charge in [0.1, 0.15) is 31.0 Å². The van der Waals surface area contributed by atoms with Gasteiger partial charge in [0.05, 0.1) is 43.7 Å². The number of alkyl carbamates (subject to hydrolysis) is 1. The first kappa shape index (κ1) is 39.5. The van der Waals surface area contributed by atoms with Crippen LogP contribution in [0.3, 0.4) is 0 Å². The fourth-order valence-electron chi connectivity index (χ4n) is 8.81. The molecule has 1 N–H and O–H groups in total. The number of thioether (sulfide) groups is 1. The lowest BCUT2D eigenvalue weighted by Gasteiger charge is -2.61. The van der Waals surface area contributed by atoms with E-state index in [1.54, 1.807) is 21.1 Å². The summed E-state index contributed by atoms with van der Waals surface area (Å²) in [5, 5.41) is 13.2. The predicted octanol–water partition coefficient (Wildman–Crippen LogP) is 3.81. The number of hydrogen-bond donors (Lipinski definition) is 1. The van der Waals surface area contributed by atoms with Gasteiger partial charge in [0, 0.05) is 54.1 Å². The number of carbonyl (C=O) groups excluding carboxylic acids is 3. The van der Waals surface area contributed by atoms with Crippen molar-refractivity contribution in [2.24, 2.45) is 0 Å². The summed E-state index contributed by atoms with van der Waals surface area (Å²) in [5.74, 6) is 1.05.